The fourth-order valence-corrected chi connectivity index (χ4v) is 4.47. The molecule has 0 aliphatic heterocycles. The maximum Gasteiger partial charge on any atom is 0.154 e. The van der Waals surface area contributed by atoms with Gasteiger partial charge in [-0.25, -0.2) is 13.0 Å². The molecule has 0 radical (unpaired) electrons. The monoisotopic (exact) mass is 478 g/mol. The Hall–Kier alpha value is -2.45. The van der Waals surface area contributed by atoms with E-state index in [1.165, 1.54) is 0 Å². The molecular formula is C21H17BrF2N2O2S. The molecule has 2 aromatic carbocycles. The van der Waals surface area contributed by atoms with E-state index in [9.17, 15) is 17.8 Å². The Kier molecular flexibility index (Phi) is 7.22. The van der Waals surface area contributed by atoms with Crippen molar-refractivity contribution in [2.45, 2.75) is 24.2 Å². The summed E-state index contributed by atoms with van der Waals surface area (Å²) in [6.07, 6.45) is 4.80. The van der Waals surface area contributed by atoms with Gasteiger partial charge in [0.2, 0.25) is 0 Å². The minimum atomic E-state index is -1.92. The number of pyridine rings is 1. The number of benzene rings is 2. The van der Waals surface area contributed by atoms with Crippen LogP contribution in [0.4, 0.5) is 14.5 Å². The Labute approximate surface area is 178 Å². The van der Waals surface area contributed by atoms with Gasteiger partial charge in [-0.1, -0.05) is 18.2 Å². The van der Waals surface area contributed by atoms with Crippen molar-refractivity contribution >= 4 is 38.4 Å². The number of nitrogens with one attached hydrogen (secondary N) is 1. The van der Waals surface area contributed by atoms with E-state index in [4.69, 9.17) is 0 Å². The second-order valence-electron chi connectivity index (χ2n) is 6.34. The lowest BCUT2D eigenvalue weighted by Crippen LogP contribution is -2.08. The van der Waals surface area contributed by atoms with Gasteiger partial charge in [-0.05, 0) is 57.7 Å². The molecule has 3 aromatic rings. The summed E-state index contributed by atoms with van der Waals surface area (Å²) >= 11 is 3.03. The molecule has 0 aliphatic rings. The Bertz CT molecular complexity index is 1010. The van der Waals surface area contributed by atoms with Gasteiger partial charge in [-0.15, -0.1) is 0 Å². The van der Waals surface area contributed by atoms with Gasteiger partial charge in [0.05, 0.1) is 0 Å². The number of rotatable bonds is 8. The van der Waals surface area contributed by atoms with Crippen LogP contribution < -0.4 is 4.72 Å². The van der Waals surface area contributed by atoms with Gasteiger partial charge < -0.3 is 4.72 Å². The highest BCUT2D eigenvalue weighted by Crippen LogP contribution is 2.26. The number of aromatic nitrogens is 1. The van der Waals surface area contributed by atoms with E-state index in [0.29, 0.717) is 31.0 Å². The van der Waals surface area contributed by atoms with Gasteiger partial charge >= 0.3 is 0 Å². The molecule has 0 aliphatic carbocycles. The molecule has 0 saturated carbocycles. The topological polar surface area (TPSA) is 59.1 Å². The fraction of sp³-hybridized carbons (Fsp3) is 0.143. The summed E-state index contributed by atoms with van der Waals surface area (Å²) in [4.78, 5) is 16.0. The lowest BCUT2D eigenvalue weighted by Gasteiger charge is -2.10. The standard InChI is InChI=1S/C21H17BrF2N2O2S/c22-19-11-16(23)12-20(24)21(19)29(28)26-17-6-3-14(4-7-17)10-18(27)8-5-15-2-1-9-25-13-15/h1-4,6-7,9,11-13,26H,5,8,10H2. The summed E-state index contributed by atoms with van der Waals surface area (Å²) in [5.41, 5.74) is 2.33. The van der Waals surface area contributed by atoms with Gasteiger partial charge in [-0.2, -0.15) is 0 Å². The molecule has 4 nitrogen and oxygen atoms in total. The number of halogens is 3. The average molecular weight is 479 g/mol. The highest BCUT2D eigenvalue weighted by atomic mass is 79.9. The van der Waals surface area contributed by atoms with E-state index in [-0.39, 0.29) is 15.2 Å². The number of hydrogen-bond donors (Lipinski definition) is 1. The summed E-state index contributed by atoms with van der Waals surface area (Å²) < 4.78 is 42.3. The maximum atomic E-state index is 13.9. The minimum absolute atomic E-state index is 0.0802. The zero-order valence-electron chi connectivity index (χ0n) is 15.2. The number of carbonyl (C=O) groups is 1. The Morgan fingerprint density at radius 2 is 1.86 bits per heavy atom. The van der Waals surface area contributed by atoms with Crippen molar-refractivity contribution in [2.75, 3.05) is 4.72 Å². The zero-order chi connectivity index (χ0) is 20.8. The molecule has 1 heterocycles. The quantitative estimate of drug-likeness (QED) is 0.495. The molecule has 150 valence electrons. The molecule has 3 rings (SSSR count). The highest BCUT2D eigenvalue weighted by Gasteiger charge is 2.16. The van der Waals surface area contributed by atoms with Crippen molar-refractivity contribution < 1.29 is 17.8 Å². The Morgan fingerprint density at radius 1 is 1.10 bits per heavy atom. The molecular weight excluding hydrogens is 462 g/mol. The minimum Gasteiger partial charge on any atom is -0.301 e. The second-order valence-corrected chi connectivity index (χ2v) is 8.35. The number of Topliss-reactive ketones (excluding diaryl/α,β-unsaturated/α-hetero) is 1. The molecule has 1 aromatic heterocycles. The molecule has 0 fully saturated rings. The predicted octanol–water partition coefficient (Wildman–Crippen LogP) is 5.00. The van der Waals surface area contributed by atoms with Crippen LogP contribution in [0.15, 0.2) is 70.3 Å². The third kappa shape index (κ3) is 6.01. The maximum absolute atomic E-state index is 13.9. The lowest BCUT2D eigenvalue weighted by molar-refractivity contribution is -0.118. The largest absolute Gasteiger partial charge is 0.301 e. The molecule has 0 spiro atoms. The van der Waals surface area contributed by atoms with Crippen LogP contribution in [-0.2, 0) is 28.6 Å². The van der Waals surface area contributed by atoms with Crippen LogP contribution in [0.1, 0.15) is 17.5 Å². The van der Waals surface area contributed by atoms with Crippen LogP contribution in [0.2, 0.25) is 0 Å². The SMILES string of the molecule is O=C(CCc1cccnc1)Cc1ccc(NS(=O)c2c(F)cc(F)cc2Br)cc1. The van der Waals surface area contributed by atoms with E-state index < -0.39 is 22.6 Å². The zero-order valence-corrected chi connectivity index (χ0v) is 17.6. The van der Waals surface area contributed by atoms with E-state index in [2.05, 4.69) is 25.6 Å². The number of hydrogen-bond acceptors (Lipinski definition) is 3. The summed E-state index contributed by atoms with van der Waals surface area (Å²) in [7, 11) is -1.92. The third-order valence-corrected chi connectivity index (χ3v) is 6.22. The van der Waals surface area contributed by atoms with Gasteiger partial charge in [0.25, 0.3) is 0 Å². The molecule has 1 atom stereocenters. The average Bonchev–Trinajstić information content (AvgIpc) is 2.68. The van der Waals surface area contributed by atoms with Crippen molar-refractivity contribution in [1.82, 2.24) is 4.98 Å². The molecule has 0 bridgehead atoms. The fourth-order valence-electron chi connectivity index (χ4n) is 2.70. The molecule has 0 amide bonds. The van der Waals surface area contributed by atoms with Crippen LogP contribution in [-0.4, -0.2) is 15.0 Å². The van der Waals surface area contributed by atoms with E-state index >= 15 is 0 Å². The first-order valence-corrected chi connectivity index (χ1v) is 10.7. The summed E-state index contributed by atoms with van der Waals surface area (Å²) in [6.45, 7) is 0. The smallest absolute Gasteiger partial charge is 0.154 e. The third-order valence-electron chi connectivity index (χ3n) is 4.13. The highest BCUT2D eigenvalue weighted by molar-refractivity contribution is 9.10. The van der Waals surface area contributed by atoms with Gasteiger partial charge in [0.1, 0.15) is 22.3 Å². The number of aryl methyl sites for hydroxylation is 1. The van der Waals surface area contributed by atoms with Gasteiger partial charge in [-0.3, -0.25) is 9.78 Å². The first-order valence-electron chi connectivity index (χ1n) is 8.75. The van der Waals surface area contributed by atoms with Crippen LogP contribution in [0.5, 0.6) is 0 Å². The first-order chi connectivity index (χ1) is 13.9. The van der Waals surface area contributed by atoms with Gasteiger partial charge in [0.15, 0.2) is 11.0 Å². The van der Waals surface area contributed by atoms with E-state index in [1.807, 2.05) is 12.1 Å². The van der Waals surface area contributed by atoms with Crippen LogP contribution in [0.25, 0.3) is 0 Å². The summed E-state index contributed by atoms with van der Waals surface area (Å²) in [5.74, 6) is -1.55. The number of ketones is 1. The van der Waals surface area contributed by atoms with Crippen molar-refractivity contribution in [3.63, 3.8) is 0 Å². The number of anilines is 1. The van der Waals surface area contributed by atoms with Crippen molar-refractivity contribution in [1.29, 1.82) is 0 Å². The van der Waals surface area contributed by atoms with E-state index in [0.717, 1.165) is 17.2 Å². The van der Waals surface area contributed by atoms with Crippen LogP contribution >= 0.6 is 15.9 Å². The van der Waals surface area contributed by atoms with E-state index in [1.54, 1.807) is 36.7 Å². The Balaban J connectivity index is 1.57. The molecule has 1 unspecified atom stereocenters. The van der Waals surface area contributed by atoms with Crippen LogP contribution in [0, 0.1) is 11.6 Å². The number of carbonyl (C=O) groups excluding carboxylic acids is 1. The lowest BCUT2D eigenvalue weighted by atomic mass is 10.0. The predicted molar refractivity (Wildman–Crippen MR) is 112 cm³/mol. The van der Waals surface area contributed by atoms with Gasteiger partial charge in [0, 0.05) is 41.5 Å². The van der Waals surface area contributed by atoms with Crippen molar-refractivity contribution in [3.05, 3.63) is 88.2 Å². The van der Waals surface area contributed by atoms with Crippen molar-refractivity contribution in [2.24, 2.45) is 0 Å². The summed E-state index contributed by atoms with van der Waals surface area (Å²) in [6, 6.07) is 12.3. The Morgan fingerprint density at radius 3 is 2.52 bits per heavy atom. The first kappa shape index (κ1) is 21.3. The summed E-state index contributed by atoms with van der Waals surface area (Å²) in [5, 5.41) is 0. The molecule has 8 heteroatoms. The molecule has 0 saturated heterocycles. The van der Waals surface area contributed by atoms with Crippen molar-refractivity contribution in [3.8, 4) is 0 Å². The normalized spacial score (nSPS) is 11.8. The molecule has 1 N–H and O–H groups in total. The van der Waals surface area contributed by atoms with Crippen LogP contribution in [0.3, 0.4) is 0 Å². The molecule has 29 heavy (non-hydrogen) atoms. The number of nitrogens with zero attached hydrogens (tertiary/aromatic N) is 1. The second kappa shape index (κ2) is 9.84.